The molecule has 0 saturated heterocycles. The summed E-state index contributed by atoms with van der Waals surface area (Å²) in [5.74, 6) is 0.452. The molecule has 108 valence electrons. The SMILES string of the molecule is CCC(C)(C)CC(C)C.CCNC/C=C/C(N)=O. The van der Waals surface area contributed by atoms with Crippen LogP contribution in [-0.4, -0.2) is 19.0 Å². The summed E-state index contributed by atoms with van der Waals surface area (Å²) < 4.78 is 0. The lowest BCUT2D eigenvalue weighted by molar-refractivity contribution is -0.113. The minimum Gasteiger partial charge on any atom is -0.366 e. The van der Waals surface area contributed by atoms with E-state index in [4.69, 9.17) is 5.73 Å². The van der Waals surface area contributed by atoms with Gasteiger partial charge >= 0.3 is 0 Å². The molecule has 18 heavy (non-hydrogen) atoms. The van der Waals surface area contributed by atoms with Crippen LogP contribution >= 0.6 is 0 Å². The first kappa shape index (κ1) is 19.5. The van der Waals surface area contributed by atoms with Crippen LogP contribution < -0.4 is 11.1 Å². The van der Waals surface area contributed by atoms with Gasteiger partial charge in [-0.3, -0.25) is 4.79 Å². The van der Waals surface area contributed by atoms with Crippen LogP contribution in [0.5, 0.6) is 0 Å². The molecule has 0 bridgehead atoms. The zero-order valence-corrected chi connectivity index (χ0v) is 13.0. The summed E-state index contributed by atoms with van der Waals surface area (Å²) in [5, 5.41) is 3.01. The molecule has 0 atom stereocenters. The number of primary amides is 1. The highest BCUT2D eigenvalue weighted by molar-refractivity contribution is 5.85. The zero-order chi connectivity index (χ0) is 14.6. The lowest BCUT2D eigenvalue weighted by atomic mass is 9.82. The first-order valence-electron chi connectivity index (χ1n) is 6.91. The number of carbonyl (C=O) groups is 1. The van der Waals surface area contributed by atoms with Gasteiger partial charge in [-0.1, -0.05) is 54.0 Å². The molecule has 3 N–H and O–H groups in total. The van der Waals surface area contributed by atoms with Crippen LogP contribution in [-0.2, 0) is 4.79 Å². The summed E-state index contributed by atoms with van der Waals surface area (Å²) in [4.78, 5) is 10.1. The fourth-order valence-electron chi connectivity index (χ4n) is 1.65. The Labute approximate surface area is 113 Å². The van der Waals surface area contributed by atoms with Crippen molar-refractivity contribution < 1.29 is 4.79 Å². The molecule has 0 unspecified atom stereocenters. The van der Waals surface area contributed by atoms with Crippen molar-refractivity contribution in [1.82, 2.24) is 5.32 Å². The molecule has 0 aliphatic heterocycles. The summed E-state index contributed by atoms with van der Waals surface area (Å²) >= 11 is 0. The van der Waals surface area contributed by atoms with Gasteiger partial charge in [0.05, 0.1) is 0 Å². The maximum Gasteiger partial charge on any atom is 0.241 e. The second-order valence-electron chi connectivity index (χ2n) is 5.73. The molecule has 1 amide bonds. The number of likely N-dealkylation sites (N-methyl/N-ethyl adjacent to an activating group) is 1. The lowest BCUT2D eigenvalue weighted by Crippen LogP contribution is -2.13. The summed E-state index contributed by atoms with van der Waals surface area (Å²) in [6, 6.07) is 0. The molecule has 0 aromatic heterocycles. The van der Waals surface area contributed by atoms with E-state index in [1.807, 2.05) is 6.92 Å². The fraction of sp³-hybridized carbons (Fsp3) is 0.800. The standard InChI is InChI=1S/C9H20.C6H12N2O/c1-6-9(4,5)7-8(2)3;1-2-8-5-3-4-6(7)9/h8H,6-7H2,1-5H3;3-4,8H,2,5H2,1H3,(H2,7,9)/b;4-3+. The van der Waals surface area contributed by atoms with Gasteiger partial charge in [-0.2, -0.15) is 0 Å². The number of nitrogens with one attached hydrogen (secondary N) is 1. The van der Waals surface area contributed by atoms with E-state index in [1.165, 1.54) is 18.9 Å². The summed E-state index contributed by atoms with van der Waals surface area (Å²) in [6.07, 6.45) is 5.70. The summed E-state index contributed by atoms with van der Waals surface area (Å²) in [6.45, 7) is 15.1. The van der Waals surface area contributed by atoms with Crippen LogP contribution in [0.3, 0.4) is 0 Å². The van der Waals surface area contributed by atoms with E-state index in [2.05, 4.69) is 39.9 Å². The summed E-state index contributed by atoms with van der Waals surface area (Å²) in [7, 11) is 0. The first-order valence-corrected chi connectivity index (χ1v) is 6.91. The van der Waals surface area contributed by atoms with Gasteiger partial charge in [-0.15, -0.1) is 0 Å². The van der Waals surface area contributed by atoms with E-state index in [0.717, 1.165) is 12.5 Å². The Kier molecular flexibility index (Phi) is 12.2. The Balaban J connectivity index is 0. The molecular weight excluding hydrogens is 224 g/mol. The third-order valence-electron chi connectivity index (χ3n) is 2.71. The average molecular weight is 256 g/mol. The Hall–Kier alpha value is -0.830. The maximum atomic E-state index is 10.1. The van der Waals surface area contributed by atoms with Gasteiger partial charge in [-0.05, 0) is 30.4 Å². The molecule has 0 fully saturated rings. The van der Waals surface area contributed by atoms with Crippen molar-refractivity contribution in [1.29, 1.82) is 0 Å². The molecule has 0 rings (SSSR count). The van der Waals surface area contributed by atoms with Gasteiger partial charge in [0.2, 0.25) is 5.91 Å². The van der Waals surface area contributed by atoms with Crippen LogP contribution in [0.25, 0.3) is 0 Å². The molecule has 0 radical (unpaired) electrons. The lowest BCUT2D eigenvalue weighted by Gasteiger charge is -2.24. The topological polar surface area (TPSA) is 55.1 Å². The highest BCUT2D eigenvalue weighted by Crippen LogP contribution is 2.28. The van der Waals surface area contributed by atoms with E-state index >= 15 is 0 Å². The van der Waals surface area contributed by atoms with Crippen molar-refractivity contribution in [2.45, 2.75) is 54.4 Å². The van der Waals surface area contributed by atoms with Gasteiger partial charge in [0.25, 0.3) is 0 Å². The Morgan fingerprint density at radius 2 is 1.89 bits per heavy atom. The molecule has 3 heteroatoms. The molecule has 0 saturated carbocycles. The highest BCUT2D eigenvalue weighted by Gasteiger charge is 2.15. The predicted molar refractivity (Wildman–Crippen MR) is 80.4 cm³/mol. The molecule has 3 nitrogen and oxygen atoms in total. The minimum absolute atomic E-state index is 0.395. The highest BCUT2D eigenvalue weighted by atomic mass is 16.1. The normalized spacial score (nSPS) is 11.5. The monoisotopic (exact) mass is 256 g/mol. The number of carbonyl (C=O) groups excluding carboxylic acids is 1. The largest absolute Gasteiger partial charge is 0.366 e. The van der Waals surface area contributed by atoms with Crippen molar-refractivity contribution in [3.8, 4) is 0 Å². The third kappa shape index (κ3) is 17.6. The van der Waals surface area contributed by atoms with Crippen molar-refractivity contribution in [3.05, 3.63) is 12.2 Å². The number of hydrogen-bond acceptors (Lipinski definition) is 2. The van der Waals surface area contributed by atoms with Gasteiger partial charge in [-0.25, -0.2) is 0 Å². The fourth-order valence-corrected chi connectivity index (χ4v) is 1.65. The molecular formula is C15H32N2O. The molecule has 0 spiro atoms. The van der Waals surface area contributed by atoms with E-state index < -0.39 is 5.91 Å². The number of amides is 1. The second kappa shape index (κ2) is 11.3. The van der Waals surface area contributed by atoms with E-state index in [0.29, 0.717) is 12.0 Å². The van der Waals surface area contributed by atoms with Crippen molar-refractivity contribution in [2.24, 2.45) is 17.1 Å². The second-order valence-corrected chi connectivity index (χ2v) is 5.73. The van der Waals surface area contributed by atoms with Crippen LogP contribution in [0.4, 0.5) is 0 Å². The van der Waals surface area contributed by atoms with Crippen molar-refractivity contribution in [3.63, 3.8) is 0 Å². The quantitative estimate of drug-likeness (QED) is 0.543. The van der Waals surface area contributed by atoms with Crippen LogP contribution in [0, 0.1) is 11.3 Å². The van der Waals surface area contributed by atoms with E-state index in [9.17, 15) is 4.79 Å². The third-order valence-corrected chi connectivity index (χ3v) is 2.71. The number of rotatable bonds is 7. The molecule has 0 aliphatic carbocycles. The first-order chi connectivity index (χ1) is 8.25. The van der Waals surface area contributed by atoms with Crippen LogP contribution in [0.1, 0.15) is 54.4 Å². The van der Waals surface area contributed by atoms with E-state index in [-0.39, 0.29) is 0 Å². The zero-order valence-electron chi connectivity index (χ0n) is 13.0. The van der Waals surface area contributed by atoms with Gasteiger partial charge in [0, 0.05) is 6.54 Å². The van der Waals surface area contributed by atoms with Gasteiger partial charge in [0.15, 0.2) is 0 Å². The van der Waals surface area contributed by atoms with Gasteiger partial charge < -0.3 is 11.1 Å². The maximum absolute atomic E-state index is 10.1. The van der Waals surface area contributed by atoms with Crippen LogP contribution in [0.2, 0.25) is 0 Å². The smallest absolute Gasteiger partial charge is 0.241 e. The summed E-state index contributed by atoms with van der Waals surface area (Å²) in [5.41, 5.74) is 5.38. The number of hydrogen-bond donors (Lipinski definition) is 2. The van der Waals surface area contributed by atoms with Crippen molar-refractivity contribution in [2.75, 3.05) is 13.1 Å². The van der Waals surface area contributed by atoms with Gasteiger partial charge in [0.1, 0.15) is 0 Å². The number of nitrogens with two attached hydrogens (primary N) is 1. The van der Waals surface area contributed by atoms with E-state index in [1.54, 1.807) is 6.08 Å². The molecule has 0 aromatic rings. The van der Waals surface area contributed by atoms with Crippen LogP contribution in [0.15, 0.2) is 12.2 Å². The Bertz CT molecular complexity index is 233. The van der Waals surface area contributed by atoms with Crippen molar-refractivity contribution >= 4 is 5.91 Å². The molecule has 0 aliphatic rings. The Morgan fingerprint density at radius 1 is 1.33 bits per heavy atom. The minimum atomic E-state index is -0.395. The molecule has 0 heterocycles. The average Bonchev–Trinajstić information content (AvgIpc) is 2.23. The predicted octanol–water partition coefficient (Wildman–Crippen LogP) is 3.11. The Morgan fingerprint density at radius 3 is 2.17 bits per heavy atom. The molecule has 0 aromatic carbocycles.